The van der Waals surface area contributed by atoms with E-state index in [1.54, 1.807) is 0 Å². The lowest BCUT2D eigenvalue weighted by molar-refractivity contribution is 0.627. The fourth-order valence-corrected chi connectivity index (χ4v) is 2.90. The van der Waals surface area contributed by atoms with Crippen molar-refractivity contribution in [2.75, 3.05) is 0 Å². The minimum Gasteiger partial charge on any atom is -0.267 e. The van der Waals surface area contributed by atoms with Crippen LogP contribution < -0.4 is 5.56 Å². The smallest absolute Gasteiger partial charge is 0.267 e. The highest BCUT2D eigenvalue weighted by atomic mass is 32.1. The van der Waals surface area contributed by atoms with Gasteiger partial charge < -0.3 is 0 Å². The first-order valence-corrected chi connectivity index (χ1v) is 8.80. The predicted molar refractivity (Wildman–Crippen MR) is 104 cm³/mol. The number of nitrogens with one attached hydrogen (secondary N) is 1. The number of aromatic nitrogens is 6. The fraction of sp³-hybridized carbons (Fsp3) is 0.0526. The summed E-state index contributed by atoms with van der Waals surface area (Å²) in [4.78, 5) is 17.0. The number of halogens is 2. The molecule has 2 heterocycles. The summed E-state index contributed by atoms with van der Waals surface area (Å²) >= 11 is 5.14. The van der Waals surface area contributed by atoms with Crippen LogP contribution in [0.5, 0.6) is 0 Å². The number of rotatable bonds is 3. The van der Waals surface area contributed by atoms with Crippen LogP contribution in [0.2, 0.25) is 0 Å². The van der Waals surface area contributed by atoms with Gasteiger partial charge in [-0.15, -0.1) is 10.2 Å². The van der Waals surface area contributed by atoms with Gasteiger partial charge in [-0.1, -0.05) is 0 Å². The molecule has 0 bridgehead atoms. The van der Waals surface area contributed by atoms with Gasteiger partial charge in [0.2, 0.25) is 4.77 Å². The molecular formula is C19H12F2N6OS. The summed E-state index contributed by atoms with van der Waals surface area (Å²) in [7, 11) is 0. The summed E-state index contributed by atoms with van der Waals surface area (Å²) in [5.74, 6) is -0.880. The Kier molecular flexibility index (Phi) is 4.77. The molecular weight excluding hydrogens is 398 g/mol. The third-order valence-electron chi connectivity index (χ3n) is 4.15. The van der Waals surface area contributed by atoms with Crippen molar-refractivity contribution in [1.29, 1.82) is 0 Å². The Bertz CT molecular complexity index is 1320. The zero-order chi connectivity index (χ0) is 20.5. The van der Waals surface area contributed by atoms with Gasteiger partial charge in [-0.3, -0.25) is 9.89 Å². The van der Waals surface area contributed by atoms with Gasteiger partial charge in [0.05, 0.1) is 0 Å². The second-order valence-electron chi connectivity index (χ2n) is 6.08. The van der Waals surface area contributed by atoms with E-state index in [9.17, 15) is 13.6 Å². The summed E-state index contributed by atoms with van der Waals surface area (Å²) in [6.45, 7) is 1.52. The predicted octanol–water partition coefficient (Wildman–Crippen LogP) is 3.40. The molecule has 10 heteroatoms. The molecule has 4 rings (SSSR count). The van der Waals surface area contributed by atoms with Gasteiger partial charge in [-0.2, -0.15) is 5.10 Å². The Hall–Kier alpha value is -3.66. The molecule has 0 aliphatic heterocycles. The van der Waals surface area contributed by atoms with Crippen LogP contribution in [0, 0.1) is 23.3 Å². The lowest BCUT2D eigenvalue weighted by Crippen LogP contribution is -2.26. The van der Waals surface area contributed by atoms with Crippen LogP contribution in [-0.2, 0) is 0 Å². The van der Waals surface area contributed by atoms with Crippen molar-refractivity contribution >= 4 is 12.2 Å². The Balaban J connectivity index is 1.99. The Morgan fingerprint density at radius 1 is 0.897 bits per heavy atom. The molecule has 0 amide bonds. The van der Waals surface area contributed by atoms with Crippen LogP contribution in [-0.4, -0.2) is 29.9 Å². The number of nitrogens with zero attached hydrogens (tertiary/aromatic N) is 5. The van der Waals surface area contributed by atoms with Crippen molar-refractivity contribution in [3.63, 3.8) is 0 Å². The molecule has 0 atom stereocenters. The first kappa shape index (κ1) is 18.7. The second kappa shape index (κ2) is 7.40. The SMILES string of the molecule is Cc1n[nH]c(=S)n(-c2nnc(-c3ccc(F)cc3)c(-c3ccc(F)cc3)n2)c1=O. The molecule has 4 aromatic rings. The number of benzene rings is 2. The molecule has 144 valence electrons. The van der Waals surface area contributed by atoms with Gasteiger partial charge in [-0.25, -0.2) is 18.3 Å². The Labute approximate surface area is 167 Å². The average molecular weight is 410 g/mol. The fourth-order valence-electron chi connectivity index (χ4n) is 2.69. The number of hydrogen-bond acceptors (Lipinski definition) is 6. The van der Waals surface area contributed by atoms with Gasteiger partial charge in [0.25, 0.3) is 11.5 Å². The average Bonchev–Trinajstić information content (AvgIpc) is 2.72. The van der Waals surface area contributed by atoms with Crippen LogP contribution in [0.15, 0.2) is 53.3 Å². The van der Waals surface area contributed by atoms with Gasteiger partial charge in [0, 0.05) is 11.1 Å². The number of H-pyrrole nitrogens is 1. The Morgan fingerprint density at radius 3 is 2.03 bits per heavy atom. The summed E-state index contributed by atoms with van der Waals surface area (Å²) in [5, 5.41) is 14.6. The number of aromatic amines is 1. The van der Waals surface area contributed by atoms with Crippen molar-refractivity contribution in [2.24, 2.45) is 0 Å². The van der Waals surface area contributed by atoms with Crippen LogP contribution >= 0.6 is 12.2 Å². The van der Waals surface area contributed by atoms with E-state index in [4.69, 9.17) is 12.2 Å². The largest absolute Gasteiger partial charge is 0.283 e. The second-order valence-corrected chi connectivity index (χ2v) is 6.46. The van der Waals surface area contributed by atoms with Crippen LogP contribution in [0.1, 0.15) is 5.69 Å². The van der Waals surface area contributed by atoms with Gasteiger partial charge in [0.1, 0.15) is 28.7 Å². The van der Waals surface area contributed by atoms with Crippen molar-refractivity contribution in [2.45, 2.75) is 6.92 Å². The summed E-state index contributed by atoms with van der Waals surface area (Å²) in [5.41, 5.74) is 1.45. The minimum absolute atomic E-state index is 0.00184. The standard InChI is InChI=1S/C19H12F2N6OS/c1-10-17(28)27(19(29)26-23-10)18-22-15(11-2-6-13(20)7-3-11)16(24-25-18)12-4-8-14(21)9-5-12/h2-9H,1H3,(H,26,29). The van der Waals surface area contributed by atoms with Gasteiger partial charge in [-0.05, 0) is 67.7 Å². The lowest BCUT2D eigenvalue weighted by atomic mass is 10.0. The summed E-state index contributed by atoms with van der Waals surface area (Å²) < 4.78 is 27.8. The van der Waals surface area contributed by atoms with E-state index in [1.807, 2.05) is 0 Å². The van der Waals surface area contributed by atoms with Gasteiger partial charge in [0.15, 0.2) is 0 Å². The topological polar surface area (TPSA) is 89.3 Å². The van der Waals surface area contributed by atoms with E-state index >= 15 is 0 Å². The highest BCUT2D eigenvalue weighted by Gasteiger charge is 2.17. The van der Waals surface area contributed by atoms with Gasteiger partial charge >= 0.3 is 0 Å². The maximum Gasteiger partial charge on any atom is 0.283 e. The van der Waals surface area contributed by atoms with E-state index in [-0.39, 0.29) is 16.4 Å². The van der Waals surface area contributed by atoms with E-state index in [0.717, 1.165) is 4.57 Å². The molecule has 2 aromatic heterocycles. The molecule has 0 aliphatic rings. The summed E-state index contributed by atoms with van der Waals surface area (Å²) in [6, 6.07) is 11.2. The van der Waals surface area contributed by atoms with Crippen molar-refractivity contribution in [1.82, 2.24) is 29.9 Å². The molecule has 0 saturated heterocycles. The molecule has 0 spiro atoms. The number of aryl methyl sites for hydroxylation is 1. The highest BCUT2D eigenvalue weighted by Crippen LogP contribution is 2.29. The zero-order valence-corrected chi connectivity index (χ0v) is 15.7. The van der Waals surface area contributed by atoms with E-state index in [1.165, 1.54) is 55.5 Å². The molecule has 0 fully saturated rings. The molecule has 0 saturated carbocycles. The van der Waals surface area contributed by atoms with E-state index < -0.39 is 17.2 Å². The van der Waals surface area contributed by atoms with Crippen molar-refractivity contribution in [3.8, 4) is 28.5 Å². The molecule has 0 aliphatic carbocycles. The van der Waals surface area contributed by atoms with Crippen LogP contribution in [0.25, 0.3) is 28.5 Å². The minimum atomic E-state index is -0.491. The van der Waals surface area contributed by atoms with Crippen LogP contribution in [0.3, 0.4) is 0 Å². The molecule has 0 unspecified atom stereocenters. The maximum atomic E-state index is 13.4. The van der Waals surface area contributed by atoms with E-state index in [0.29, 0.717) is 22.5 Å². The van der Waals surface area contributed by atoms with Crippen molar-refractivity contribution in [3.05, 3.63) is 81.0 Å². The maximum absolute atomic E-state index is 13.4. The lowest BCUT2D eigenvalue weighted by Gasteiger charge is -2.11. The van der Waals surface area contributed by atoms with Crippen LogP contribution in [0.4, 0.5) is 8.78 Å². The molecule has 1 N–H and O–H groups in total. The molecule has 29 heavy (non-hydrogen) atoms. The first-order chi connectivity index (χ1) is 13.9. The third kappa shape index (κ3) is 3.57. The molecule has 2 aromatic carbocycles. The highest BCUT2D eigenvalue weighted by molar-refractivity contribution is 7.71. The number of hydrogen-bond donors (Lipinski definition) is 1. The first-order valence-electron chi connectivity index (χ1n) is 8.39. The zero-order valence-electron chi connectivity index (χ0n) is 14.9. The normalized spacial score (nSPS) is 10.9. The Morgan fingerprint density at radius 2 is 1.45 bits per heavy atom. The third-order valence-corrected chi connectivity index (χ3v) is 4.42. The summed E-state index contributed by atoms with van der Waals surface area (Å²) in [6.07, 6.45) is 0. The van der Waals surface area contributed by atoms with Crippen molar-refractivity contribution < 1.29 is 8.78 Å². The molecule has 7 nitrogen and oxygen atoms in total. The quantitative estimate of drug-likeness (QED) is 0.521. The molecule has 0 radical (unpaired) electrons. The monoisotopic (exact) mass is 410 g/mol. The van der Waals surface area contributed by atoms with E-state index in [2.05, 4.69) is 25.4 Å².